The molecule has 0 atom stereocenters. The Hall–Kier alpha value is -0.460. The highest BCUT2D eigenvalue weighted by Gasteiger charge is 2.42. The summed E-state index contributed by atoms with van der Waals surface area (Å²) in [6.45, 7) is 5.83. The van der Waals surface area contributed by atoms with E-state index >= 15 is 0 Å². The quantitative estimate of drug-likeness (QED) is 0.424. The first-order valence-electron chi connectivity index (χ1n) is 3.17. The lowest BCUT2D eigenvalue weighted by molar-refractivity contribution is 0.315. The van der Waals surface area contributed by atoms with Gasteiger partial charge in [-0.25, -0.2) is 0 Å². The molecule has 1 fully saturated rings. The van der Waals surface area contributed by atoms with Gasteiger partial charge in [-0.3, -0.25) is 0 Å². The summed E-state index contributed by atoms with van der Waals surface area (Å²) in [5.41, 5.74) is 2.03. The lowest BCUT2D eigenvalue weighted by atomic mass is 10.0. The second kappa shape index (κ2) is 0.949. The minimum atomic E-state index is 0.468. The Bertz CT molecular complexity index is 156. The highest BCUT2D eigenvalue weighted by molar-refractivity contribution is 5.29. The van der Waals surface area contributed by atoms with Gasteiger partial charge in [0.2, 0.25) is 0 Å². The van der Waals surface area contributed by atoms with Crippen LogP contribution in [0.3, 0.4) is 0 Å². The molecule has 0 saturated carbocycles. The molecule has 0 aromatic rings. The summed E-state index contributed by atoms with van der Waals surface area (Å²) in [7, 11) is 0. The van der Waals surface area contributed by atoms with Gasteiger partial charge in [-0.05, 0) is 20.3 Å². The van der Waals surface area contributed by atoms with E-state index in [0.717, 1.165) is 0 Å². The fourth-order valence-corrected chi connectivity index (χ4v) is 1.38. The first kappa shape index (κ1) is 4.42. The number of rotatable bonds is 0. The molecule has 1 saturated heterocycles. The predicted octanol–water partition coefficient (Wildman–Crippen LogP) is 1.37. The second-order valence-electron chi connectivity index (χ2n) is 3.30. The SMILES string of the molecule is CC1(C)CC=C2CN21. The van der Waals surface area contributed by atoms with E-state index in [0.29, 0.717) is 5.54 Å². The van der Waals surface area contributed by atoms with E-state index in [-0.39, 0.29) is 0 Å². The van der Waals surface area contributed by atoms with E-state index in [1.807, 2.05) is 0 Å². The van der Waals surface area contributed by atoms with Crippen molar-refractivity contribution in [1.29, 1.82) is 0 Å². The fraction of sp³-hybridized carbons (Fsp3) is 0.714. The Morgan fingerprint density at radius 3 is 2.50 bits per heavy atom. The molecular weight excluding hydrogens is 98.1 g/mol. The molecule has 0 N–H and O–H groups in total. The number of fused-ring (bicyclic) bond motifs is 1. The van der Waals surface area contributed by atoms with Gasteiger partial charge in [0.25, 0.3) is 0 Å². The second-order valence-corrected chi connectivity index (χ2v) is 3.30. The van der Waals surface area contributed by atoms with Crippen LogP contribution in [-0.4, -0.2) is 17.0 Å². The van der Waals surface area contributed by atoms with Gasteiger partial charge in [-0.1, -0.05) is 6.08 Å². The summed E-state index contributed by atoms with van der Waals surface area (Å²) >= 11 is 0. The smallest absolute Gasteiger partial charge is 0.0578 e. The Morgan fingerprint density at radius 2 is 2.38 bits per heavy atom. The van der Waals surface area contributed by atoms with Crippen molar-refractivity contribution in [2.75, 3.05) is 6.54 Å². The summed E-state index contributed by atoms with van der Waals surface area (Å²) in [6, 6.07) is 0. The van der Waals surface area contributed by atoms with Crippen molar-refractivity contribution in [3.8, 4) is 0 Å². The Labute approximate surface area is 50.0 Å². The summed E-state index contributed by atoms with van der Waals surface area (Å²) < 4.78 is 0. The van der Waals surface area contributed by atoms with Crippen molar-refractivity contribution in [3.05, 3.63) is 11.8 Å². The maximum Gasteiger partial charge on any atom is 0.0578 e. The molecule has 0 amide bonds. The molecule has 0 radical (unpaired) electrons. The Kier molecular flexibility index (Phi) is 0.525. The first-order valence-corrected chi connectivity index (χ1v) is 3.17. The maximum atomic E-state index is 2.45. The number of hydrogen-bond acceptors (Lipinski definition) is 1. The minimum Gasteiger partial charge on any atom is -0.362 e. The zero-order valence-electron chi connectivity index (χ0n) is 5.44. The molecule has 8 heavy (non-hydrogen) atoms. The number of hydrogen-bond donors (Lipinski definition) is 0. The van der Waals surface area contributed by atoms with E-state index in [1.54, 1.807) is 5.70 Å². The average Bonchev–Trinajstić information content (AvgIpc) is 2.34. The molecule has 0 aliphatic carbocycles. The first-order chi connectivity index (χ1) is 3.70. The predicted molar refractivity (Wildman–Crippen MR) is 33.5 cm³/mol. The molecular formula is C7H11N. The van der Waals surface area contributed by atoms with Crippen molar-refractivity contribution < 1.29 is 0 Å². The van der Waals surface area contributed by atoms with Gasteiger partial charge in [0, 0.05) is 11.2 Å². The van der Waals surface area contributed by atoms with Crippen molar-refractivity contribution in [1.82, 2.24) is 4.90 Å². The molecule has 0 aromatic heterocycles. The lowest BCUT2D eigenvalue weighted by Crippen LogP contribution is -2.26. The minimum absolute atomic E-state index is 0.468. The van der Waals surface area contributed by atoms with Gasteiger partial charge in [0.1, 0.15) is 0 Å². The van der Waals surface area contributed by atoms with E-state index in [2.05, 4.69) is 24.8 Å². The summed E-state index contributed by atoms with van der Waals surface area (Å²) in [6.07, 6.45) is 3.60. The molecule has 1 heteroatoms. The van der Waals surface area contributed by atoms with Crippen LogP contribution >= 0.6 is 0 Å². The molecule has 0 bridgehead atoms. The average molecular weight is 109 g/mol. The van der Waals surface area contributed by atoms with Crippen molar-refractivity contribution >= 4 is 0 Å². The van der Waals surface area contributed by atoms with Crippen LogP contribution in [0.25, 0.3) is 0 Å². The van der Waals surface area contributed by atoms with E-state index < -0.39 is 0 Å². The highest BCUT2D eigenvalue weighted by atomic mass is 15.3. The standard InChI is InChI=1S/C7H11N/c1-7(2)4-3-6-5-8(6)7/h3H,4-5H2,1-2H3. The summed E-state index contributed by atoms with van der Waals surface area (Å²) in [5.74, 6) is 0. The van der Waals surface area contributed by atoms with E-state index in [1.165, 1.54) is 13.0 Å². The third-order valence-corrected chi connectivity index (χ3v) is 2.13. The zero-order valence-corrected chi connectivity index (χ0v) is 5.44. The third-order valence-electron chi connectivity index (χ3n) is 2.13. The maximum absolute atomic E-state index is 2.45. The molecule has 1 nitrogen and oxygen atoms in total. The van der Waals surface area contributed by atoms with Gasteiger partial charge in [0.15, 0.2) is 0 Å². The lowest BCUT2D eigenvalue weighted by Gasteiger charge is -2.21. The van der Waals surface area contributed by atoms with Crippen LogP contribution in [0, 0.1) is 0 Å². The topological polar surface area (TPSA) is 3.01 Å². The van der Waals surface area contributed by atoms with Gasteiger partial charge >= 0.3 is 0 Å². The summed E-state index contributed by atoms with van der Waals surface area (Å²) in [5, 5.41) is 0. The van der Waals surface area contributed by atoms with E-state index in [9.17, 15) is 0 Å². The van der Waals surface area contributed by atoms with Gasteiger partial charge in [0.05, 0.1) is 6.54 Å². The molecule has 2 rings (SSSR count). The fourth-order valence-electron chi connectivity index (χ4n) is 1.38. The summed E-state index contributed by atoms with van der Waals surface area (Å²) in [4.78, 5) is 2.45. The molecule has 2 aliphatic heterocycles. The van der Waals surface area contributed by atoms with Crippen LogP contribution in [0.2, 0.25) is 0 Å². The largest absolute Gasteiger partial charge is 0.362 e. The van der Waals surface area contributed by atoms with Crippen LogP contribution in [0.15, 0.2) is 11.8 Å². The molecule has 2 aliphatic rings. The Morgan fingerprint density at radius 1 is 1.62 bits per heavy atom. The monoisotopic (exact) mass is 109 g/mol. The van der Waals surface area contributed by atoms with Gasteiger partial charge < -0.3 is 4.90 Å². The van der Waals surface area contributed by atoms with Crippen molar-refractivity contribution in [2.45, 2.75) is 25.8 Å². The van der Waals surface area contributed by atoms with Crippen LogP contribution < -0.4 is 0 Å². The van der Waals surface area contributed by atoms with Crippen LogP contribution in [0.1, 0.15) is 20.3 Å². The molecule has 0 unspecified atom stereocenters. The van der Waals surface area contributed by atoms with Crippen LogP contribution in [0.4, 0.5) is 0 Å². The van der Waals surface area contributed by atoms with Crippen LogP contribution in [0.5, 0.6) is 0 Å². The molecule has 0 aromatic carbocycles. The zero-order chi connectivity index (χ0) is 5.78. The molecule has 0 spiro atoms. The third kappa shape index (κ3) is 0.371. The normalized spacial score (nSPS) is 29.8. The van der Waals surface area contributed by atoms with Crippen LogP contribution in [-0.2, 0) is 0 Å². The number of nitrogens with zero attached hydrogens (tertiary/aromatic N) is 1. The highest BCUT2D eigenvalue weighted by Crippen LogP contribution is 2.41. The van der Waals surface area contributed by atoms with Crippen molar-refractivity contribution in [3.63, 3.8) is 0 Å². The van der Waals surface area contributed by atoms with Gasteiger partial charge in [-0.2, -0.15) is 0 Å². The van der Waals surface area contributed by atoms with Crippen molar-refractivity contribution in [2.24, 2.45) is 0 Å². The molecule has 2 heterocycles. The Balaban J connectivity index is 2.28. The van der Waals surface area contributed by atoms with E-state index in [4.69, 9.17) is 0 Å². The van der Waals surface area contributed by atoms with Gasteiger partial charge in [-0.15, -0.1) is 0 Å². The molecule has 44 valence electrons.